The average molecular weight is 306 g/mol. The Bertz CT molecular complexity index is 590. The Morgan fingerprint density at radius 3 is 2.82 bits per heavy atom. The molecular formula is C17H22O5. The maximum atomic E-state index is 11.9. The van der Waals surface area contributed by atoms with Crippen molar-refractivity contribution in [2.75, 3.05) is 0 Å². The van der Waals surface area contributed by atoms with E-state index in [0.29, 0.717) is 18.4 Å². The molecular weight excluding hydrogens is 284 g/mol. The van der Waals surface area contributed by atoms with Crippen LogP contribution in [0.1, 0.15) is 40.0 Å². The number of carbonyl (C=O) groups excluding carboxylic acids is 2. The van der Waals surface area contributed by atoms with Gasteiger partial charge in [0.15, 0.2) is 0 Å². The molecule has 0 radical (unpaired) electrons. The first-order valence-electron chi connectivity index (χ1n) is 7.71. The number of aliphatic hydroxyl groups excluding tert-OH is 1. The first-order valence-corrected chi connectivity index (χ1v) is 7.71. The van der Waals surface area contributed by atoms with Crippen LogP contribution < -0.4 is 0 Å². The molecule has 1 aliphatic heterocycles. The lowest BCUT2D eigenvalue weighted by molar-refractivity contribution is -0.154. The van der Waals surface area contributed by atoms with Crippen molar-refractivity contribution in [1.82, 2.24) is 0 Å². The monoisotopic (exact) mass is 306 g/mol. The van der Waals surface area contributed by atoms with E-state index in [9.17, 15) is 14.7 Å². The van der Waals surface area contributed by atoms with E-state index in [1.807, 2.05) is 13.8 Å². The molecule has 3 aliphatic rings. The predicted octanol–water partition coefficient (Wildman–Crippen LogP) is 1.90. The number of fused-ring (bicyclic) bond motifs is 2. The van der Waals surface area contributed by atoms with E-state index >= 15 is 0 Å². The number of allylic oxidation sites excluding steroid dienone is 1. The second-order valence-corrected chi connectivity index (χ2v) is 6.89. The third-order valence-corrected chi connectivity index (χ3v) is 5.46. The molecule has 0 bridgehead atoms. The van der Waals surface area contributed by atoms with E-state index in [1.54, 1.807) is 0 Å². The van der Waals surface area contributed by atoms with Gasteiger partial charge in [-0.3, -0.25) is 4.79 Å². The van der Waals surface area contributed by atoms with Crippen LogP contribution in [0.15, 0.2) is 23.3 Å². The Hall–Kier alpha value is -1.62. The van der Waals surface area contributed by atoms with E-state index in [1.165, 1.54) is 6.92 Å². The highest BCUT2D eigenvalue weighted by Crippen LogP contribution is 2.55. The fourth-order valence-corrected chi connectivity index (χ4v) is 4.39. The van der Waals surface area contributed by atoms with E-state index in [4.69, 9.17) is 9.47 Å². The molecule has 2 aliphatic carbocycles. The molecule has 5 heteroatoms. The van der Waals surface area contributed by atoms with Gasteiger partial charge in [0.25, 0.3) is 0 Å². The van der Waals surface area contributed by atoms with Gasteiger partial charge in [-0.05, 0) is 31.8 Å². The first kappa shape index (κ1) is 15.3. The van der Waals surface area contributed by atoms with Crippen molar-refractivity contribution >= 4 is 11.9 Å². The Morgan fingerprint density at radius 1 is 1.50 bits per heavy atom. The van der Waals surface area contributed by atoms with Gasteiger partial charge in [0, 0.05) is 17.9 Å². The Morgan fingerprint density at radius 2 is 2.18 bits per heavy atom. The van der Waals surface area contributed by atoms with E-state index < -0.39 is 35.7 Å². The molecule has 5 nitrogen and oxygen atoms in total. The molecule has 22 heavy (non-hydrogen) atoms. The van der Waals surface area contributed by atoms with Crippen LogP contribution in [0.5, 0.6) is 0 Å². The number of rotatable bonds is 1. The summed E-state index contributed by atoms with van der Waals surface area (Å²) in [6.45, 7) is 9.17. The lowest BCUT2D eigenvalue weighted by Crippen LogP contribution is -2.53. The van der Waals surface area contributed by atoms with Crippen molar-refractivity contribution in [2.24, 2.45) is 11.3 Å². The quantitative estimate of drug-likeness (QED) is 0.455. The third kappa shape index (κ3) is 2.02. The highest BCUT2D eigenvalue weighted by Gasteiger charge is 2.59. The smallest absolute Gasteiger partial charge is 0.334 e. The molecule has 2 fully saturated rings. The van der Waals surface area contributed by atoms with Crippen LogP contribution in [0, 0.1) is 11.3 Å². The number of hydrogen-bond donors (Lipinski definition) is 1. The molecule has 0 spiro atoms. The van der Waals surface area contributed by atoms with Crippen LogP contribution in [-0.2, 0) is 19.1 Å². The first-order chi connectivity index (χ1) is 10.3. The van der Waals surface area contributed by atoms with Crippen molar-refractivity contribution in [3.63, 3.8) is 0 Å². The summed E-state index contributed by atoms with van der Waals surface area (Å²) in [6, 6.07) is 0. The molecule has 120 valence electrons. The summed E-state index contributed by atoms with van der Waals surface area (Å²) in [5.74, 6) is -1.18. The topological polar surface area (TPSA) is 72.8 Å². The Balaban J connectivity index is 2.12. The fraction of sp³-hybridized carbons (Fsp3) is 0.647. The molecule has 3 rings (SSSR count). The number of hydrogen-bond acceptors (Lipinski definition) is 5. The minimum absolute atomic E-state index is 0.347. The van der Waals surface area contributed by atoms with Crippen molar-refractivity contribution in [3.05, 3.63) is 23.3 Å². The summed E-state index contributed by atoms with van der Waals surface area (Å²) in [5, 5.41) is 10.5. The summed E-state index contributed by atoms with van der Waals surface area (Å²) < 4.78 is 11.0. The molecule has 0 aromatic carbocycles. The SMILES string of the molecule is C=C1C(=O)OC2CC3(C)C(=C(C)CCC3O)C(OC(C)=O)C12. The zero-order chi connectivity index (χ0) is 16.2. The second-order valence-electron chi connectivity index (χ2n) is 6.89. The van der Waals surface area contributed by atoms with Gasteiger partial charge in [-0.15, -0.1) is 0 Å². The van der Waals surface area contributed by atoms with Crippen LogP contribution in [0.25, 0.3) is 0 Å². The fourth-order valence-electron chi connectivity index (χ4n) is 4.39. The molecule has 1 N–H and O–H groups in total. The molecule has 1 saturated carbocycles. The molecule has 5 unspecified atom stereocenters. The third-order valence-electron chi connectivity index (χ3n) is 5.46. The molecule has 1 heterocycles. The minimum atomic E-state index is -0.574. The Labute approximate surface area is 130 Å². The number of ether oxygens (including phenoxy) is 2. The predicted molar refractivity (Wildman–Crippen MR) is 78.7 cm³/mol. The summed E-state index contributed by atoms with van der Waals surface area (Å²) in [5.41, 5.74) is 1.90. The minimum Gasteiger partial charge on any atom is -0.458 e. The largest absolute Gasteiger partial charge is 0.458 e. The number of aliphatic hydroxyl groups is 1. The van der Waals surface area contributed by atoms with Gasteiger partial charge in [-0.2, -0.15) is 0 Å². The van der Waals surface area contributed by atoms with Crippen LogP contribution in [0.2, 0.25) is 0 Å². The standard InChI is InChI=1S/C17H22O5/c1-8-5-6-12(19)17(4)7-11-13(9(2)16(20)22-11)15(14(8)17)21-10(3)18/h11-13,15,19H,2,5-7H2,1,3-4H3. The van der Waals surface area contributed by atoms with Crippen LogP contribution in [0.3, 0.4) is 0 Å². The zero-order valence-electron chi connectivity index (χ0n) is 13.2. The molecule has 0 aromatic rings. The van der Waals surface area contributed by atoms with Gasteiger partial charge in [0.1, 0.15) is 12.2 Å². The van der Waals surface area contributed by atoms with Crippen LogP contribution >= 0.6 is 0 Å². The normalized spacial score (nSPS) is 40.9. The van der Waals surface area contributed by atoms with Gasteiger partial charge in [0.2, 0.25) is 0 Å². The average Bonchev–Trinajstić information content (AvgIpc) is 2.68. The van der Waals surface area contributed by atoms with Crippen molar-refractivity contribution in [3.8, 4) is 0 Å². The molecule has 0 amide bonds. The van der Waals surface area contributed by atoms with E-state index in [2.05, 4.69) is 6.58 Å². The zero-order valence-corrected chi connectivity index (χ0v) is 13.2. The highest BCUT2D eigenvalue weighted by molar-refractivity contribution is 5.91. The number of carbonyl (C=O) groups is 2. The molecule has 0 aromatic heterocycles. The van der Waals surface area contributed by atoms with Crippen LogP contribution in [-0.4, -0.2) is 35.4 Å². The van der Waals surface area contributed by atoms with Gasteiger partial charge >= 0.3 is 11.9 Å². The summed E-state index contributed by atoms with van der Waals surface area (Å²) in [6.07, 6.45) is 0.480. The summed E-state index contributed by atoms with van der Waals surface area (Å²) >= 11 is 0. The van der Waals surface area contributed by atoms with E-state index in [-0.39, 0.29) is 5.92 Å². The van der Waals surface area contributed by atoms with Crippen molar-refractivity contribution in [1.29, 1.82) is 0 Å². The maximum absolute atomic E-state index is 11.9. The van der Waals surface area contributed by atoms with Crippen LogP contribution in [0.4, 0.5) is 0 Å². The molecule has 1 saturated heterocycles. The van der Waals surface area contributed by atoms with Gasteiger partial charge in [-0.1, -0.05) is 19.1 Å². The maximum Gasteiger partial charge on any atom is 0.334 e. The lowest BCUT2D eigenvalue weighted by atomic mass is 9.58. The lowest BCUT2D eigenvalue weighted by Gasteiger charge is -2.50. The van der Waals surface area contributed by atoms with Gasteiger partial charge in [-0.25, -0.2) is 4.79 Å². The molecule has 5 atom stereocenters. The second kappa shape index (κ2) is 4.95. The van der Waals surface area contributed by atoms with Crippen molar-refractivity contribution in [2.45, 2.75) is 58.3 Å². The summed E-state index contributed by atoms with van der Waals surface area (Å²) in [4.78, 5) is 23.5. The number of esters is 2. The summed E-state index contributed by atoms with van der Waals surface area (Å²) in [7, 11) is 0. The highest BCUT2D eigenvalue weighted by atomic mass is 16.6. The van der Waals surface area contributed by atoms with Gasteiger partial charge < -0.3 is 14.6 Å². The van der Waals surface area contributed by atoms with Gasteiger partial charge in [0.05, 0.1) is 12.0 Å². The Kier molecular flexibility index (Phi) is 3.44. The van der Waals surface area contributed by atoms with E-state index in [0.717, 1.165) is 17.6 Å². The van der Waals surface area contributed by atoms with Crippen molar-refractivity contribution < 1.29 is 24.2 Å².